The fourth-order valence-corrected chi connectivity index (χ4v) is 4.27. The van der Waals surface area contributed by atoms with E-state index in [2.05, 4.69) is 33.9 Å². The smallest absolute Gasteiger partial charge is 0.252 e. The van der Waals surface area contributed by atoms with Gasteiger partial charge in [0, 0.05) is 18.7 Å². The summed E-state index contributed by atoms with van der Waals surface area (Å²) in [5, 5.41) is 11.3. The molecule has 0 saturated heterocycles. The Morgan fingerprint density at radius 2 is 1.61 bits per heavy atom. The minimum absolute atomic E-state index is 0.178. The molecule has 8 nitrogen and oxygen atoms in total. The van der Waals surface area contributed by atoms with Crippen LogP contribution in [0.5, 0.6) is 0 Å². The number of fused-ring (bicyclic) bond motifs is 3. The van der Waals surface area contributed by atoms with E-state index in [9.17, 15) is 19.2 Å². The molecule has 4 N–H and O–H groups in total. The average Bonchev–Trinajstić information content (AvgIpc) is 2.87. The Kier molecular flexibility index (Phi) is 10.4. The standard InChI is InChI=1S/C27H34N4O4S/c1-18-25(33)31-23(12-3-2-6-13-36)27(35)29-16-20-9-7-8-19(14-20)15-24(32)28-17-21-10-4-5-11-22(21)26(34)30-18/h4-5,7-11,14,18,23,36H,2-3,6,12-13,15-17H2,1H3,(H,28,32)(H,29,35)(H,30,34)(H,31,33)/t18-,23+/m1/s1. The molecule has 0 unspecified atom stereocenters. The van der Waals surface area contributed by atoms with Crippen molar-refractivity contribution >= 4 is 36.3 Å². The highest BCUT2D eigenvalue weighted by Crippen LogP contribution is 2.12. The topological polar surface area (TPSA) is 116 Å². The summed E-state index contributed by atoms with van der Waals surface area (Å²) in [5.41, 5.74) is 2.70. The zero-order valence-electron chi connectivity index (χ0n) is 20.5. The average molecular weight is 511 g/mol. The van der Waals surface area contributed by atoms with Gasteiger partial charge in [-0.2, -0.15) is 12.6 Å². The highest BCUT2D eigenvalue weighted by molar-refractivity contribution is 7.80. The van der Waals surface area contributed by atoms with Crippen LogP contribution in [0.3, 0.4) is 0 Å². The van der Waals surface area contributed by atoms with Crippen LogP contribution >= 0.6 is 12.6 Å². The highest BCUT2D eigenvalue weighted by atomic mass is 32.1. The molecule has 2 aromatic rings. The van der Waals surface area contributed by atoms with Crippen molar-refractivity contribution in [1.82, 2.24) is 21.3 Å². The number of unbranched alkanes of at least 4 members (excludes halogenated alkanes) is 2. The molecule has 2 aromatic carbocycles. The van der Waals surface area contributed by atoms with Gasteiger partial charge in [0.15, 0.2) is 0 Å². The molecule has 1 aliphatic heterocycles. The number of rotatable bonds is 5. The molecule has 2 bridgehead atoms. The van der Waals surface area contributed by atoms with Crippen LogP contribution in [0.1, 0.15) is 59.7 Å². The van der Waals surface area contributed by atoms with Gasteiger partial charge in [-0.1, -0.05) is 55.3 Å². The molecule has 0 radical (unpaired) electrons. The summed E-state index contributed by atoms with van der Waals surface area (Å²) in [6, 6.07) is 12.8. The van der Waals surface area contributed by atoms with E-state index in [1.807, 2.05) is 24.3 Å². The second-order valence-corrected chi connectivity index (χ2v) is 9.42. The fraction of sp³-hybridized carbons (Fsp3) is 0.407. The van der Waals surface area contributed by atoms with Crippen LogP contribution in [0.25, 0.3) is 0 Å². The normalized spacial score (nSPS) is 19.6. The first kappa shape index (κ1) is 27.3. The van der Waals surface area contributed by atoms with E-state index in [-0.39, 0.29) is 31.3 Å². The molecule has 36 heavy (non-hydrogen) atoms. The summed E-state index contributed by atoms with van der Waals surface area (Å²) >= 11 is 4.23. The Labute approximate surface area is 217 Å². The zero-order valence-corrected chi connectivity index (χ0v) is 21.4. The molecule has 0 aliphatic carbocycles. The monoisotopic (exact) mass is 510 g/mol. The molecule has 0 spiro atoms. The third-order valence-corrected chi connectivity index (χ3v) is 6.40. The van der Waals surface area contributed by atoms with Crippen LogP contribution in [-0.2, 0) is 33.9 Å². The Morgan fingerprint density at radius 1 is 0.833 bits per heavy atom. The van der Waals surface area contributed by atoms with Gasteiger partial charge < -0.3 is 21.3 Å². The van der Waals surface area contributed by atoms with E-state index in [1.54, 1.807) is 31.2 Å². The molecule has 2 atom stereocenters. The second kappa shape index (κ2) is 13.7. The SMILES string of the molecule is C[C@H]1NC(=O)c2ccccc2CNC(=O)Cc2cccc(c2)CNC(=O)[C@H](CCCCCS)NC1=O. The van der Waals surface area contributed by atoms with Gasteiger partial charge in [-0.25, -0.2) is 0 Å². The lowest BCUT2D eigenvalue weighted by atomic mass is 10.0. The van der Waals surface area contributed by atoms with E-state index in [4.69, 9.17) is 0 Å². The van der Waals surface area contributed by atoms with Gasteiger partial charge in [0.25, 0.3) is 5.91 Å². The first-order valence-corrected chi connectivity index (χ1v) is 12.9. The number of amides is 4. The molecule has 1 heterocycles. The Morgan fingerprint density at radius 3 is 2.42 bits per heavy atom. The summed E-state index contributed by atoms with van der Waals surface area (Å²) in [5.74, 6) is -0.566. The first-order chi connectivity index (χ1) is 17.4. The number of thiol groups is 1. The number of benzene rings is 2. The number of nitrogens with one attached hydrogen (secondary N) is 4. The highest BCUT2D eigenvalue weighted by Gasteiger charge is 2.25. The van der Waals surface area contributed by atoms with Crippen LogP contribution < -0.4 is 21.3 Å². The van der Waals surface area contributed by atoms with Crippen LogP contribution in [0, 0.1) is 0 Å². The maximum atomic E-state index is 13.0. The maximum absolute atomic E-state index is 13.0. The summed E-state index contributed by atoms with van der Waals surface area (Å²) < 4.78 is 0. The number of hydrogen-bond acceptors (Lipinski definition) is 5. The van der Waals surface area contributed by atoms with Crippen molar-refractivity contribution in [2.45, 2.75) is 64.2 Å². The van der Waals surface area contributed by atoms with Gasteiger partial charge in [-0.15, -0.1) is 0 Å². The molecule has 3 rings (SSSR count). The second-order valence-electron chi connectivity index (χ2n) is 8.98. The Hall–Kier alpha value is -3.33. The summed E-state index contributed by atoms with van der Waals surface area (Å²) in [7, 11) is 0. The quantitative estimate of drug-likeness (QED) is 0.313. The van der Waals surface area contributed by atoms with Gasteiger partial charge >= 0.3 is 0 Å². The third-order valence-electron chi connectivity index (χ3n) is 6.09. The van der Waals surface area contributed by atoms with Crippen molar-refractivity contribution in [1.29, 1.82) is 0 Å². The predicted octanol–water partition coefficient (Wildman–Crippen LogP) is 2.27. The molecule has 9 heteroatoms. The van der Waals surface area contributed by atoms with Gasteiger partial charge in [-0.05, 0) is 48.3 Å². The molecule has 0 aromatic heterocycles. The number of carbonyl (C=O) groups excluding carboxylic acids is 4. The summed E-state index contributed by atoms with van der Waals surface area (Å²) in [6.45, 7) is 2.04. The molecule has 0 fully saturated rings. The Balaban J connectivity index is 1.85. The lowest BCUT2D eigenvalue weighted by Gasteiger charge is -2.22. The third kappa shape index (κ3) is 8.12. The number of carbonyl (C=O) groups is 4. The Bertz CT molecular complexity index is 1090. The molecular weight excluding hydrogens is 476 g/mol. The van der Waals surface area contributed by atoms with Crippen LogP contribution in [0.2, 0.25) is 0 Å². The van der Waals surface area contributed by atoms with Gasteiger partial charge in [0.2, 0.25) is 17.7 Å². The van der Waals surface area contributed by atoms with E-state index in [0.717, 1.165) is 36.1 Å². The van der Waals surface area contributed by atoms with Gasteiger partial charge in [0.1, 0.15) is 12.1 Å². The van der Waals surface area contributed by atoms with Crippen LogP contribution in [0.4, 0.5) is 0 Å². The van der Waals surface area contributed by atoms with Crippen molar-refractivity contribution < 1.29 is 19.2 Å². The first-order valence-electron chi connectivity index (χ1n) is 12.3. The van der Waals surface area contributed by atoms with E-state index in [0.29, 0.717) is 17.5 Å². The molecule has 4 amide bonds. The minimum atomic E-state index is -0.858. The van der Waals surface area contributed by atoms with E-state index in [1.165, 1.54) is 0 Å². The van der Waals surface area contributed by atoms with E-state index < -0.39 is 23.9 Å². The molecule has 1 aliphatic rings. The van der Waals surface area contributed by atoms with Crippen LogP contribution in [-0.4, -0.2) is 41.5 Å². The van der Waals surface area contributed by atoms with Crippen molar-refractivity contribution in [3.05, 3.63) is 70.8 Å². The lowest BCUT2D eigenvalue weighted by molar-refractivity contribution is -0.130. The minimum Gasteiger partial charge on any atom is -0.352 e. The van der Waals surface area contributed by atoms with Crippen molar-refractivity contribution in [2.24, 2.45) is 0 Å². The molecule has 192 valence electrons. The van der Waals surface area contributed by atoms with Gasteiger partial charge in [0.05, 0.1) is 6.42 Å². The van der Waals surface area contributed by atoms with Crippen molar-refractivity contribution in [3.8, 4) is 0 Å². The number of hydrogen-bond donors (Lipinski definition) is 5. The van der Waals surface area contributed by atoms with Crippen LogP contribution in [0.15, 0.2) is 48.5 Å². The van der Waals surface area contributed by atoms with Crippen molar-refractivity contribution in [2.75, 3.05) is 5.75 Å². The summed E-state index contributed by atoms with van der Waals surface area (Å²) in [4.78, 5) is 51.5. The van der Waals surface area contributed by atoms with E-state index >= 15 is 0 Å². The summed E-state index contributed by atoms with van der Waals surface area (Å²) in [6.07, 6.45) is 3.25. The largest absolute Gasteiger partial charge is 0.352 e. The molecule has 0 saturated carbocycles. The predicted molar refractivity (Wildman–Crippen MR) is 141 cm³/mol. The fourth-order valence-electron chi connectivity index (χ4n) is 4.04. The molecular formula is C27H34N4O4S. The lowest BCUT2D eigenvalue weighted by Crippen LogP contribution is -2.52. The zero-order chi connectivity index (χ0) is 25.9. The van der Waals surface area contributed by atoms with Gasteiger partial charge in [-0.3, -0.25) is 19.2 Å². The van der Waals surface area contributed by atoms with Crippen molar-refractivity contribution in [3.63, 3.8) is 0 Å². The maximum Gasteiger partial charge on any atom is 0.252 e.